The van der Waals surface area contributed by atoms with Crippen molar-refractivity contribution in [3.63, 3.8) is 0 Å². The number of rotatable bonds is 4. The van der Waals surface area contributed by atoms with Crippen molar-refractivity contribution in [2.24, 2.45) is 11.8 Å². The van der Waals surface area contributed by atoms with Crippen LogP contribution in [0.1, 0.15) is 36.3 Å². The predicted molar refractivity (Wildman–Crippen MR) is 77.4 cm³/mol. The molecule has 0 amide bonds. The third-order valence-electron chi connectivity index (χ3n) is 5.35. The SMILES string of the molecule is Cc1noc(C)c1CN1C[C@H]2C[C@@H](C1)N(CC1CC1)C2. The second kappa shape index (κ2) is 4.85. The Balaban J connectivity index is 1.41. The van der Waals surface area contributed by atoms with Crippen molar-refractivity contribution in [1.29, 1.82) is 0 Å². The highest BCUT2D eigenvalue weighted by molar-refractivity contribution is 5.20. The zero-order valence-electron chi connectivity index (χ0n) is 12.6. The van der Waals surface area contributed by atoms with Gasteiger partial charge in [-0.05, 0) is 44.9 Å². The van der Waals surface area contributed by atoms with Crippen LogP contribution in [0.25, 0.3) is 0 Å². The summed E-state index contributed by atoms with van der Waals surface area (Å²) in [6, 6.07) is 0.801. The summed E-state index contributed by atoms with van der Waals surface area (Å²) >= 11 is 0. The number of fused-ring (bicyclic) bond motifs is 2. The first-order chi connectivity index (χ1) is 9.69. The number of hydrogen-bond acceptors (Lipinski definition) is 4. The van der Waals surface area contributed by atoms with Crippen LogP contribution in [0.2, 0.25) is 0 Å². The van der Waals surface area contributed by atoms with Crippen LogP contribution < -0.4 is 0 Å². The first-order valence-corrected chi connectivity index (χ1v) is 8.07. The van der Waals surface area contributed by atoms with E-state index in [1.54, 1.807) is 0 Å². The fourth-order valence-corrected chi connectivity index (χ4v) is 4.09. The van der Waals surface area contributed by atoms with Gasteiger partial charge < -0.3 is 4.52 Å². The topological polar surface area (TPSA) is 32.5 Å². The van der Waals surface area contributed by atoms with Crippen molar-refractivity contribution >= 4 is 0 Å². The van der Waals surface area contributed by atoms with E-state index >= 15 is 0 Å². The molecule has 1 aromatic heterocycles. The quantitative estimate of drug-likeness (QED) is 0.843. The molecule has 3 aliphatic rings. The molecule has 20 heavy (non-hydrogen) atoms. The van der Waals surface area contributed by atoms with Crippen molar-refractivity contribution in [2.75, 3.05) is 26.2 Å². The summed E-state index contributed by atoms with van der Waals surface area (Å²) < 4.78 is 5.30. The molecule has 0 radical (unpaired) electrons. The lowest BCUT2D eigenvalue weighted by molar-refractivity contribution is 0.153. The van der Waals surface area contributed by atoms with Crippen LogP contribution in [0.4, 0.5) is 0 Å². The van der Waals surface area contributed by atoms with Gasteiger partial charge in [0, 0.05) is 44.3 Å². The molecule has 0 N–H and O–H groups in total. The van der Waals surface area contributed by atoms with Gasteiger partial charge in [-0.15, -0.1) is 0 Å². The average molecular weight is 275 g/mol. The molecule has 1 aromatic rings. The van der Waals surface area contributed by atoms with Gasteiger partial charge in [0.25, 0.3) is 0 Å². The number of aromatic nitrogens is 1. The van der Waals surface area contributed by atoms with E-state index in [-0.39, 0.29) is 0 Å². The molecular weight excluding hydrogens is 250 g/mol. The van der Waals surface area contributed by atoms with Crippen LogP contribution in [0, 0.1) is 25.7 Å². The number of hydrogen-bond donors (Lipinski definition) is 0. The summed E-state index contributed by atoms with van der Waals surface area (Å²) in [5.74, 6) is 2.90. The first-order valence-electron chi connectivity index (χ1n) is 8.07. The summed E-state index contributed by atoms with van der Waals surface area (Å²) in [4.78, 5) is 5.40. The monoisotopic (exact) mass is 275 g/mol. The molecule has 1 saturated carbocycles. The lowest BCUT2D eigenvalue weighted by Crippen LogP contribution is -2.42. The maximum Gasteiger partial charge on any atom is 0.138 e. The molecule has 3 heterocycles. The van der Waals surface area contributed by atoms with Crippen molar-refractivity contribution in [3.8, 4) is 0 Å². The standard InChI is InChI=1S/C16H25N3O/c1-11-16(12(2)20-17-11)10-18-6-14-5-15(9-18)19(8-14)7-13-3-4-13/h13-15H,3-10H2,1-2H3/t14-,15+/m1/s1. The van der Waals surface area contributed by atoms with E-state index in [2.05, 4.69) is 21.9 Å². The average Bonchev–Trinajstić information content (AvgIpc) is 3.13. The molecule has 1 aliphatic carbocycles. The highest BCUT2D eigenvalue weighted by Crippen LogP contribution is 2.36. The van der Waals surface area contributed by atoms with Crippen molar-refractivity contribution in [1.82, 2.24) is 15.0 Å². The molecule has 110 valence electrons. The molecule has 4 nitrogen and oxygen atoms in total. The summed E-state index contributed by atoms with van der Waals surface area (Å²) in [6.45, 7) is 10.3. The second-order valence-corrected chi connectivity index (χ2v) is 7.15. The van der Waals surface area contributed by atoms with E-state index in [9.17, 15) is 0 Å². The minimum atomic E-state index is 0.801. The fraction of sp³-hybridized carbons (Fsp3) is 0.812. The molecule has 0 unspecified atom stereocenters. The van der Waals surface area contributed by atoms with Gasteiger partial charge in [0.2, 0.25) is 0 Å². The van der Waals surface area contributed by atoms with Crippen LogP contribution in [0.3, 0.4) is 0 Å². The van der Waals surface area contributed by atoms with Gasteiger partial charge in [0.1, 0.15) is 5.76 Å². The summed E-state index contributed by atoms with van der Waals surface area (Å²) in [7, 11) is 0. The number of likely N-dealkylation sites (tertiary alicyclic amines) is 2. The Kier molecular flexibility index (Phi) is 3.11. The minimum absolute atomic E-state index is 0.801. The van der Waals surface area contributed by atoms with Crippen LogP contribution in [0.15, 0.2) is 4.52 Å². The van der Waals surface area contributed by atoms with E-state index in [4.69, 9.17) is 4.52 Å². The van der Waals surface area contributed by atoms with Gasteiger partial charge >= 0.3 is 0 Å². The Bertz CT molecular complexity index is 474. The molecule has 4 rings (SSSR count). The summed E-state index contributed by atoms with van der Waals surface area (Å²) in [5.41, 5.74) is 2.37. The predicted octanol–water partition coefficient (Wildman–Crippen LogP) is 2.21. The van der Waals surface area contributed by atoms with Crippen molar-refractivity contribution in [3.05, 3.63) is 17.0 Å². The van der Waals surface area contributed by atoms with Crippen molar-refractivity contribution < 1.29 is 4.52 Å². The fourth-order valence-electron chi connectivity index (χ4n) is 4.09. The maximum absolute atomic E-state index is 5.30. The Labute approximate surface area is 121 Å². The first kappa shape index (κ1) is 12.8. The lowest BCUT2D eigenvalue weighted by Gasteiger charge is -2.32. The Morgan fingerprint density at radius 3 is 2.75 bits per heavy atom. The van der Waals surface area contributed by atoms with Gasteiger partial charge in [-0.25, -0.2) is 0 Å². The van der Waals surface area contributed by atoms with E-state index in [0.29, 0.717) is 0 Å². The van der Waals surface area contributed by atoms with Crippen LogP contribution in [-0.2, 0) is 6.54 Å². The van der Waals surface area contributed by atoms with Crippen LogP contribution in [-0.4, -0.2) is 47.2 Å². The molecule has 4 heteroatoms. The molecule has 0 spiro atoms. The molecule has 3 fully saturated rings. The number of nitrogens with zero attached hydrogens (tertiary/aromatic N) is 3. The van der Waals surface area contributed by atoms with Gasteiger partial charge in [-0.3, -0.25) is 9.80 Å². The zero-order chi connectivity index (χ0) is 13.7. The lowest BCUT2D eigenvalue weighted by atomic mass is 9.99. The molecule has 2 bridgehead atoms. The Hall–Kier alpha value is -0.870. The minimum Gasteiger partial charge on any atom is -0.361 e. The number of piperidine rings is 1. The molecule has 2 saturated heterocycles. The summed E-state index contributed by atoms with van der Waals surface area (Å²) in [5, 5.41) is 4.09. The second-order valence-electron chi connectivity index (χ2n) is 7.15. The highest BCUT2D eigenvalue weighted by Gasteiger charge is 2.40. The van der Waals surface area contributed by atoms with E-state index in [0.717, 1.165) is 35.9 Å². The maximum atomic E-state index is 5.30. The van der Waals surface area contributed by atoms with E-state index < -0.39 is 0 Å². The largest absolute Gasteiger partial charge is 0.361 e. The molecular formula is C16H25N3O. The van der Waals surface area contributed by atoms with Gasteiger partial charge in [0.15, 0.2) is 0 Å². The van der Waals surface area contributed by atoms with Gasteiger partial charge in [-0.1, -0.05) is 5.16 Å². The normalized spacial score (nSPS) is 31.1. The molecule has 2 aliphatic heterocycles. The van der Waals surface area contributed by atoms with Gasteiger partial charge in [0.05, 0.1) is 5.69 Å². The van der Waals surface area contributed by atoms with Crippen LogP contribution >= 0.6 is 0 Å². The molecule has 0 aromatic carbocycles. The Morgan fingerprint density at radius 2 is 2.05 bits per heavy atom. The highest BCUT2D eigenvalue weighted by atomic mass is 16.5. The summed E-state index contributed by atoms with van der Waals surface area (Å²) in [6.07, 6.45) is 4.36. The van der Waals surface area contributed by atoms with Crippen LogP contribution in [0.5, 0.6) is 0 Å². The third kappa shape index (κ3) is 2.40. The van der Waals surface area contributed by atoms with E-state index in [1.807, 2.05) is 6.92 Å². The third-order valence-corrected chi connectivity index (χ3v) is 5.35. The number of aryl methyl sites for hydroxylation is 2. The van der Waals surface area contributed by atoms with Crippen molar-refractivity contribution in [2.45, 2.75) is 45.7 Å². The Morgan fingerprint density at radius 1 is 1.20 bits per heavy atom. The smallest absolute Gasteiger partial charge is 0.138 e. The van der Waals surface area contributed by atoms with Gasteiger partial charge in [-0.2, -0.15) is 0 Å². The van der Waals surface area contributed by atoms with E-state index in [1.165, 1.54) is 51.0 Å². The zero-order valence-corrected chi connectivity index (χ0v) is 12.6. The molecule has 2 atom stereocenters.